The largest absolute Gasteiger partial charge is 0.478 e. The summed E-state index contributed by atoms with van der Waals surface area (Å²) in [5, 5.41) is 9.69. The van der Waals surface area contributed by atoms with Crippen molar-refractivity contribution in [3.63, 3.8) is 0 Å². The first-order valence-electron chi connectivity index (χ1n) is 9.93. The van der Waals surface area contributed by atoms with Crippen molar-refractivity contribution in [3.8, 4) is 0 Å². The molecule has 8 heteroatoms. The number of carbonyl (C=O) groups is 1. The van der Waals surface area contributed by atoms with Gasteiger partial charge in [-0.2, -0.15) is 0 Å². The molecule has 1 aromatic heterocycles. The van der Waals surface area contributed by atoms with E-state index in [0.29, 0.717) is 21.9 Å². The van der Waals surface area contributed by atoms with Crippen molar-refractivity contribution in [2.24, 2.45) is 0 Å². The molecule has 1 atom stereocenters. The normalized spacial score (nSPS) is 12.1. The van der Waals surface area contributed by atoms with Crippen molar-refractivity contribution < 1.29 is 23.1 Å². The maximum Gasteiger partial charge on any atom is 0.335 e. The van der Waals surface area contributed by atoms with Crippen molar-refractivity contribution in [1.29, 1.82) is 0 Å². The second-order valence-corrected chi connectivity index (χ2v) is 8.32. The molecule has 32 heavy (non-hydrogen) atoms. The van der Waals surface area contributed by atoms with E-state index in [1.807, 2.05) is 11.8 Å². The molecule has 0 bridgehead atoms. The molecule has 4 nitrogen and oxygen atoms in total. The molecule has 164 valence electrons. The molecular weight excluding hydrogens is 437 g/mol. The summed E-state index contributed by atoms with van der Waals surface area (Å²) >= 11 is 1.18. The Kier molecular flexibility index (Phi) is 6.14. The van der Waals surface area contributed by atoms with Crippen LogP contribution in [0, 0.1) is 17.5 Å². The number of benzene rings is 3. The number of carboxylic acid groups (broad SMARTS) is 1. The Balaban J connectivity index is 1.70. The van der Waals surface area contributed by atoms with Crippen LogP contribution >= 0.6 is 11.3 Å². The summed E-state index contributed by atoms with van der Waals surface area (Å²) in [5.74, 6) is -3.19. The van der Waals surface area contributed by atoms with Gasteiger partial charge in [-0.3, -0.25) is 0 Å². The van der Waals surface area contributed by atoms with Gasteiger partial charge in [-0.05, 0) is 54.8 Å². The number of anilines is 1. The summed E-state index contributed by atoms with van der Waals surface area (Å²) < 4.78 is 42.5. The zero-order valence-corrected chi connectivity index (χ0v) is 17.9. The molecule has 1 heterocycles. The molecule has 0 saturated heterocycles. The summed E-state index contributed by atoms with van der Waals surface area (Å²) in [4.78, 5) is 17.6. The zero-order chi connectivity index (χ0) is 22.8. The minimum Gasteiger partial charge on any atom is -0.478 e. The molecule has 0 aliphatic rings. The van der Waals surface area contributed by atoms with Crippen LogP contribution in [0.5, 0.6) is 0 Å². The maximum absolute atomic E-state index is 14.3. The third-order valence-corrected chi connectivity index (χ3v) is 6.48. The lowest BCUT2D eigenvalue weighted by Crippen LogP contribution is -2.29. The molecule has 0 aliphatic carbocycles. The van der Waals surface area contributed by atoms with Crippen LogP contribution in [-0.2, 0) is 6.42 Å². The van der Waals surface area contributed by atoms with Crippen LogP contribution in [0.25, 0.3) is 10.2 Å². The van der Waals surface area contributed by atoms with Crippen molar-refractivity contribution in [3.05, 3.63) is 94.8 Å². The van der Waals surface area contributed by atoms with E-state index in [9.17, 15) is 18.0 Å². The Bertz CT molecular complexity index is 1270. The fourth-order valence-electron chi connectivity index (χ4n) is 3.55. The second-order valence-electron chi connectivity index (χ2n) is 7.34. The molecule has 4 rings (SSSR count). The van der Waals surface area contributed by atoms with Gasteiger partial charge in [-0.15, -0.1) is 0 Å². The summed E-state index contributed by atoms with van der Waals surface area (Å²) in [5.41, 5.74) is 1.72. The molecule has 1 unspecified atom stereocenters. The Labute approximate surface area is 186 Å². The van der Waals surface area contributed by atoms with E-state index in [1.165, 1.54) is 41.7 Å². The van der Waals surface area contributed by atoms with E-state index in [4.69, 9.17) is 5.11 Å². The quantitative estimate of drug-likeness (QED) is 0.359. The number of fused-ring (bicyclic) bond motifs is 1. The van der Waals surface area contributed by atoms with E-state index < -0.39 is 17.6 Å². The van der Waals surface area contributed by atoms with E-state index >= 15 is 0 Å². The van der Waals surface area contributed by atoms with E-state index in [2.05, 4.69) is 4.98 Å². The number of rotatable bonds is 7. The maximum atomic E-state index is 14.3. The monoisotopic (exact) mass is 456 g/mol. The zero-order valence-electron chi connectivity index (χ0n) is 17.1. The first-order valence-corrected chi connectivity index (χ1v) is 10.7. The average Bonchev–Trinajstić information content (AvgIpc) is 3.22. The highest BCUT2D eigenvalue weighted by Crippen LogP contribution is 2.35. The number of aromatic carboxylic acids is 1. The first kappa shape index (κ1) is 21.8. The lowest BCUT2D eigenvalue weighted by Gasteiger charge is -2.29. The Morgan fingerprint density at radius 1 is 1.03 bits per heavy atom. The van der Waals surface area contributed by atoms with Gasteiger partial charge in [0.15, 0.2) is 16.8 Å². The molecule has 0 fully saturated rings. The highest BCUT2D eigenvalue weighted by Gasteiger charge is 2.22. The summed E-state index contributed by atoms with van der Waals surface area (Å²) in [7, 11) is 0. The van der Waals surface area contributed by atoms with Crippen molar-refractivity contribution in [1.82, 2.24) is 4.98 Å². The number of thiazole rings is 1. The summed E-state index contributed by atoms with van der Waals surface area (Å²) in [6.07, 6.45) is 0.208. The lowest BCUT2D eigenvalue weighted by atomic mass is 10.0. The summed E-state index contributed by atoms with van der Waals surface area (Å²) in [6.45, 7) is 2.20. The van der Waals surface area contributed by atoms with E-state index in [1.54, 1.807) is 24.3 Å². The predicted molar refractivity (Wildman–Crippen MR) is 119 cm³/mol. The highest BCUT2D eigenvalue weighted by molar-refractivity contribution is 7.22. The van der Waals surface area contributed by atoms with Gasteiger partial charge in [0.25, 0.3) is 0 Å². The molecule has 0 spiro atoms. The fourth-order valence-corrected chi connectivity index (χ4v) is 4.63. The van der Waals surface area contributed by atoms with Gasteiger partial charge in [0, 0.05) is 6.54 Å². The van der Waals surface area contributed by atoms with Gasteiger partial charge in [-0.1, -0.05) is 41.7 Å². The second kappa shape index (κ2) is 9.00. The predicted octanol–water partition coefficient (Wildman–Crippen LogP) is 6.22. The van der Waals surface area contributed by atoms with Gasteiger partial charge in [-0.25, -0.2) is 22.9 Å². The van der Waals surface area contributed by atoms with Gasteiger partial charge in [0.1, 0.15) is 5.82 Å². The average molecular weight is 456 g/mol. The number of nitrogens with zero attached hydrogens (tertiary/aromatic N) is 2. The van der Waals surface area contributed by atoms with Crippen LogP contribution in [-0.4, -0.2) is 22.6 Å². The Morgan fingerprint density at radius 3 is 2.41 bits per heavy atom. The number of aromatic nitrogens is 1. The minimum absolute atomic E-state index is 0.163. The Hall–Kier alpha value is -3.39. The fraction of sp³-hybridized carbons (Fsp3) is 0.167. The number of hydrogen-bond donors (Lipinski definition) is 1. The van der Waals surface area contributed by atoms with Crippen LogP contribution in [0.15, 0.2) is 60.7 Å². The number of halogens is 3. The lowest BCUT2D eigenvalue weighted by molar-refractivity contribution is 0.0697. The molecule has 4 aromatic rings. The molecule has 1 N–H and O–H groups in total. The third kappa shape index (κ3) is 4.31. The Morgan fingerprint density at radius 2 is 1.72 bits per heavy atom. The van der Waals surface area contributed by atoms with Gasteiger partial charge in [0.05, 0.1) is 21.8 Å². The molecule has 0 radical (unpaired) electrons. The van der Waals surface area contributed by atoms with E-state index in [-0.39, 0.29) is 29.4 Å². The molecular formula is C24H19F3N2O2S. The van der Waals surface area contributed by atoms with Crippen LogP contribution in [0.3, 0.4) is 0 Å². The standard InChI is InChI=1S/C24H19F3N2O2S/c1-14(15-8-10-17(11-9-15)23(30)31)29(13-12-16-4-2-5-18(25)21(16)27)24-28-20-7-3-6-19(26)22(20)32-24/h2-11,14H,12-13H2,1H3,(H,30,31). The van der Waals surface area contributed by atoms with Gasteiger partial charge >= 0.3 is 5.97 Å². The third-order valence-electron chi connectivity index (χ3n) is 5.36. The van der Waals surface area contributed by atoms with Gasteiger partial charge < -0.3 is 10.0 Å². The van der Waals surface area contributed by atoms with Crippen LogP contribution < -0.4 is 4.90 Å². The van der Waals surface area contributed by atoms with E-state index in [0.717, 1.165) is 11.6 Å². The molecule has 0 amide bonds. The SMILES string of the molecule is CC(c1ccc(C(=O)O)cc1)N(CCc1cccc(F)c1F)c1nc2cccc(F)c2s1. The highest BCUT2D eigenvalue weighted by atomic mass is 32.1. The van der Waals surface area contributed by atoms with Crippen LogP contribution in [0.4, 0.5) is 18.3 Å². The number of carboxylic acids is 1. The molecule has 3 aromatic carbocycles. The molecule has 0 aliphatic heterocycles. The van der Waals surface area contributed by atoms with Crippen LogP contribution in [0.1, 0.15) is 34.5 Å². The summed E-state index contributed by atoms with van der Waals surface area (Å²) in [6, 6.07) is 14.9. The van der Waals surface area contributed by atoms with Crippen LogP contribution in [0.2, 0.25) is 0 Å². The number of hydrogen-bond acceptors (Lipinski definition) is 4. The topological polar surface area (TPSA) is 53.4 Å². The van der Waals surface area contributed by atoms with Crippen molar-refractivity contribution in [2.75, 3.05) is 11.4 Å². The van der Waals surface area contributed by atoms with Gasteiger partial charge in [0.2, 0.25) is 0 Å². The smallest absolute Gasteiger partial charge is 0.335 e. The van der Waals surface area contributed by atoms with Crippen molar-refractivity contribution in [2.45, 2.75) is 19.4 Å². The first-order chi connectivity index (χ1) is 15.3. The van der Waals surface area contributed by atoms with Crippen molar-refractivity contribution >= 4 is 32.7 Å². The minimum atomic E-state index is -1.02. The molecule has 0 saturated carbocycles.